The molecule has 0 atom stereocenters. The van der Waals surface area contributed by atoms with E-state index in [1.807, 2.05) is 0 Å². The summed E-state index contributed by atoms with van der Waals surface area (Å²) in [6.07, 6.45) is 3.29. The lowest BCUT2D eigenvalue weighted by atomic mass is 10.0. The largest absolute Gasteiger partial charge is 0.363 e. The van der Waals surface area contributed by atoms with Crippen molar-refractivity contribution in [3.05, 3.63) is 203 Å². The zero-order valence-electron chi connectivity index (χ0n) is 26.0. The topological polar surface area (TPSA) is 6.48 Å². The van der Waals surface area contributed by atoms with Gasteiger partial charge in [-0.2, -0.15) is 0 Å². The minimum absolute atomic E-state index is 0.888. The van der Waals surface area contributed by atoms with Crippen LogP contribution in [0.15, 0.2) is 170 Å². The number of hydrogen-bond acceptors (Lipinski definition) is 2. The first-order valence-electron chi connectivity index (χ1n) is 16.1. The predicted molar refractivity (Wildman–Crippen MR) is 190 cm³/mol. The molecular formula is C43H42N2. The Balaban J connectivity index is 1.06. The first-order valence-corrected chi connectivity index (χ1v) is 16.1. The highest BCUT2D eigenvalue weighted by atomic mass is 15.1. The number of anilines is 2. The molecule has 0 aliphatic carbocycles. The maximum absolute atomic E-state index is 2.47. The van der Waals surface area contributed by atoms with Gasteiger partial charge in [-0.3, -0.25) is 0 Å². The third kappa shape index (κ3) is 8.97. The van der Waals surface area contributed by atoms with E-state index in [2.05, 4.69) is 180 Å². The van der Waals surface area contributed by atoms with Crippen LogP contribution in [-0.2, 0) is 39.0 Å². The van der Waals surface area contributed by atoms with Gasteiger partial charge in [0.25, 0.3) is 0 Å². The van der Waals surface area contributed by atoms with Gasteiger partial charge in [0.1, 0.15) is 0 Å². The summed E-state index contributed by atoms with van der Waals surface area (Å²) in [5.41, 5.74) is 10.6. The van der Waals surface area contributed by atoms with Gasteiger partial charge in [0.2, 0.25) is 0 Å². The van der Waals surface area contributed by atoms with Crippen LogP contribution >= 0.6 is 0 Å². The number of aryl methyl sites for hydroxylation is 2. The Hall–Kier alpha value is -5.08. The summed E-state index contributed by atoms with van der Waals surface area (Å²) >= 11 is 0. The Bertz CT molecular complexity index is 1470. The molecule has 0 unspecified atom stereocenters. The molecule has 0 aromatic heterocycles. The Morgan fingerprint density at radius 3 is 0.800 bits per heavy atom. The van der Waals surface area contributed by atoms with Crippen molar-refractivity contribution in [2.45, 2.75) is 45.4 Å². The van der Waals surface area contributed by atoms with Crippen molar-refractivity contribution in [2.24, 2.45) is 0 Å². The molecule has 0 heterocycles. The molecule has 0 saturated carbocycles. The average molecular weight is 587 g/mol. The highest BCUT2D eigenvalue weighted by Gasteiger charge is 2.11. The molecule has 6 aromatic rings. The molecule has 0 spiro atoms. The summed E-state index contributed by atoms with van der Waals surface area (Å²) < 4.78 is 0. The standard InChI is InChI=1S/C43H42N2/c1-5-14-38(15-6-1)32-44(33-39-16-7-2-8-17-39)42-28-24-36(25-29-42)22-13-23-37-26-30-43(31-27-37)45(34-40-18-9-3-10-19-40)35-41-20-11-4-12-21-41/h1-12,14-21,24-31H,13,22-23,32-35H2. The minimum atomic E-state index is 0.888. The van der Waals surface area contributed by atoms with Crippen LogP contribution in [0.1, 0.15) is 39.8 Å². The molecule has 0 saturated heterocycles. The summed E-state index contributed by atoms with van der Waals surface area (Å²) in [7, 11) is 0. The van der Waals surface area contributed by atoms with E-state index in [-0.39, 0.29) is 0 Å². The van der Waals surface area contributed by atoms with E-state index in [1.54, 1.807) is 0 Å². The zero-order chi connectivity index (χ0) is 30.5. The molecule has 0 aliphatic heterocycles. The zero-order valence-corrected chi connectivity index (χ0v) is 26.0. The van der Waals surface area contributed by atoms with Crippen molar-refractivity contribution in [3.8, 4) is 0 Å². The van der Waals surface area contributed by atoms with Crippen LogP contribution in [0.4, 0.5) is 11.4 Å². The van der Waals surface area contributed by atoms with Gasteiger partial charge in [-0.15, -0.1) is 0 Å². The summed E-state index contributed by atoms with van der Waals surface area (Å²) in [6, 6.07) is 61.4. The van der Waals surface area contributed by atoms with Gasteiger partial charge in [0.15, 0.2) is 0 Å². The molecule has 0 amide bonds. The molecule has 45 heavy (non-hydrogen) atoms. The van der Waals surface area contributed by atoms with E-state index >= 15 is 0 Å². The molecular weight excluding hydrogens is 544 g/mol. The first kappa shape index (κ1) is 30.0. The lowest BCUT2D eigenvalue weighted by Crippen LogP contribution is -2.22. The van der Waals surface area contributed by atoms with Gasteiger partial charge in [0.05, 0.1) is 0 Å². The maximum Gasteiger partial charge on any atom is 0.0433 e. The minimum Gasteiger partial charge on any atom is -0.363 e. The van der Waals surface area contributed by atoms with Gasteiger partial charge in [-0.25, -0.2) is 0 Å². The van der Waals surface area contributed by atoms with Crippen LogP contribution in [0, 0.1) is 0 Å². The second-order valence-electron chi connectivity index (χ2n) is 11.8. The van der Waals surface area contributed by atoms with Crippen molar-refractivity contribution in [3.63, 3.8) is 0 Å². The van der Waals surface area contributed by atoms with Crippen molar-refractivity contribution in [1.29, 1.82) is 0 Å². The van der Waals surface area contributed by atoms with Gasteiger partial charge < -0.3 is 9.80 Å². The predicted octanol–water partition coefficient (Wildman–Crippen LogP) is 10.3. The van der Waals surface area contributed by atoms with E-state index in [0.717, 1.165) is 45.4 Å². The number of rotatable bonds is 14. The summed E-state index contributed by atoms with van der Waals surface area (Å²) in [5.74, 6) is 0. The number of hydrogen-bond donors (Lipinski definition) is 0. The van der Waals surface area contributed by atoms with E-state index in [4.69, 9.17) is 0 Å². The van der Waals surface area contributed by atoms with Crippen molar-refractivity contribution < 1.29 is 0 Å². The lowest BCUT2D eigenvalue weighted by molar-refractivity contribution is 0.794. The molecule has 0 aliphatic rings. The van der Waals surface area contributed by atoms with Gasteiger partial charge in [-0.1, -0.05) is 146 Å². The van der Waals surface area contributed by atoms with Crippen LogP contribution in [0.2, 0.25) is 0 Å². The van der Waals surface area contributed by atoms with Crippen molar-refractivity contribution in [1.82, 2.24) is 0 Å². The number of benzene rings is 6. The van der Waals surface area contributed by atoms with Crippen LogP contribution in [0.25, 0.3) is 0 Å². The van der Waals surface area contributed by atoms with Gasteiger partial charge in [0, 0.05) is 37.6 Å². The second kappa shape index (κ2) is 15.6. The molecule has 6 aromatic carbocycles. The van der Waals surface area contributed by atoms with E-state index in [9.17, 15) is 0 Å². The SMILES string of the molecule is c1ccc(CN(Cc2ccccc2)c2ccc(CCCc3ccc(N(Cc4ccccc4)Cc4ccccc4)cc3)cc2)cc1. The Morgan fingerprint density at radius 1 is 0.267 bits per heavy atom. The van der Waals surface area contributed by atoms with Gasteiger partial charge >= 0.3 is 0 Å². The smallest absolute Gasteiger partial charge is 0.0433 e. The fourth-order valence-electron chi connectivity index (χ4n) is 5.94. The quantitative estimate of drug-likeness (QED) is 0.125. The Morgan fingerprint density at radius 2 is 0.533 bits per heavy atom. The van der Waals surface area contributed by atoms with E-state index in [0.29, 0.717) is 0 Å². The lowest BCUT2D eigenvalue weighted by Gasteiger charge is -2.26. The number of nitrogens with zero attached hydrogens (tertiary/aromatic N) is 2. The van der Waals surface area contributed by atoms with Crippen LogP contribution in [-0.4, -0.2) is 0 Å². The summed E-state index contributed by atoms with van der Waals surface area (Å²) in [6.45, 7) is 3.55. The highest BCUT2D eigenvalue weighted by Crippen LogP contribution is 2.24. The van der Waals surface area contributed by atoms with Gasteiger partial charge in [-0.05, 0) is 76.9 Å². The second-order valence-corrected chi connectivity index (χ2v) is 11.8. The molecule has 6 rings (SSSR count). The third-order valence-corrected chi connectivity index (χ3v) is 8.40. The molecule has 0 bridgehead atoms. The monoisotopic (exact) mass is 586 g/mol. The molecule has 0 N–H and O–H groups in total. The van der Waals surface area contributed by atoms with Crippen molar-refractivity contribution in [2.75, 3.05) is 9.80 Å². The van der Waals surface area contributed by atoms with Crippen LogP contribution in [0.3, 0.4) is 0 Å². The maximum atomic E-state index is 2.47. The Labute approximate surface area is 269 Å². The highest BCUT2D eigenvalue weighted by molar-refractivity contribution is 5.50. The van der Waals surface area contributed by atoms with Crippen LogP contribution in [0.5, 0.6) is 0 Å². The Kier molecular flexibility index (Phi) is 10.4. The molecule has 2 nitrogen and oxygen atoms in total. The molecule has 224 valence electrons. The van der Waals surface area contributed by atoms with Crippen molar-refractivity contribution >= 4 is 11.4 Å². The first-order chi connectivity index (χ1) is 22.3. The summed E-state index contributed by atoms with van der Waals surface area (Å²) in [5, 5.41) is 0. The fraction of sp³-hybridized carbons (Fsp3) is 0.163. The molecule has 0 fully saturated rings. The molecule has 2 heteroatoms. The van der Waals surface area contributed by atoms with E-state index < -0.39 is 0 Å². The fourth-order valence-corrected chi connectivity index (χ4v) is 5.94. The summed E-state index contributed by atoms with van der Waals surface area (Å²) in [4.78, 5) is 4.93. The average Bonchev–Trinajstić information content (AvgIpc) is 3.10. The normalized spacial score (nSPS) is 10.8. The van der Waals surface area contributed by atoms with E-state index in [1.165, 1.54) is 44.8 Å². The van der Waals surface area contributed by atoms with Crippen LogP contribution < -0.4 is 9.80 Å². The third-order valence-electron chi connectivity index (χ3n) is 8.40. The molecule has 0 radical (unpaired) electrons.